The first-order valence-corrected chi connectivity index (χ1v) is 7.71. The number of aryl methyl sites for hydroxylation is 1. The lowest BCUT2D eigenvalue weighted by molar-refractivity contribution is 0.176. The molecule has 1 aromatic heterocycles. The molecule has 0 fully saturated rings. The molecule has 106 valence electrons. The summed E-state index contributed by atoms with van der Waals surface area (Å²) in [5, 5.41) is 11.6. The average Bonchev–Trinajstić information content (AvgIpc) is 2.49. The van der Waals surface area contributed by atoms with Crippen molar-refractivity contribution in [2.45, 2.75) is 19.4 Å². The Morgan fingerprint density at radius 3 is 2.76 bits per heavy atom. The summed E-state index contributed by atoms with van der Waals surface area (Å²) in [5.74, 6) is 0. The molecule has 3 aromatic rings. The third-order valence-electron chi connectivity index (χ3n) is 3.57. The second kappa shape index (κ2) is 5.96. The minimum Gasteiger partial charge on any atom is -0.388 e. The van der Waals surface area contributed by atoms with Gasteiger partial charge in [-0.3, -0.25) is 4.98 Å². The van der Waals surface area contributed by atoms with Gasteiger partial charge in [0.05, 0.1) is 11.6 Å². The van der Waals surface area contributed by atoms with Crippen LogP contribution < -0.4 is 0 Å². The van der Waals surface area contributed by atoms with Crippen molar-refractivity contribution >= 4 is 26.8 Å². The maximum absolute atomic E-state index is 10.5. The summed E-state index contributed by atoms with van der Waals surface area (Å²) in [6.45, 7) is 2.02. The van der Waals surface area contributed by atoms with Crippen molar-refractivity contribution in [2.75, 3.05) is 0 Å². The highest BCUT2D eigenvalue weighted by Crippen LogP contribution is 2.27. The first-order chi connectivity index (χ1) is 10.1. The molecule has 21 heavy (non-hydrogen) atoms. The lowest BCUT2D eigenvalue weighted by Gasteiger charge is -2.13. The molecule has 2 nitrogen and oxygen atoms in total. The van der Waals surface area contributed by atoms with Crippen LogP contribution in [0, 0.1) is 6.92 Å². The van der Waals surface area contributed by atoms with E-state index >= 15 is 0 Å². The van der Waals surface area contributed by atoms with E-state index in [1.807, 2.05) is 55.5 Å². The van der Waals surface area contributed by atoms with Crippen molar-refractivity contribution in [1.29, 1.82) is 0 Å². The molecular formula is C18H16BrNO. The Balaban J connectivity index is 1.88. The van der Waals surface area contributed by atoms with E-state index in [0.717, 1.165) is 32.2 Å². The molecule has 3 rings (SSSR count). The van der Waals surface area contributed by atoms with Gasteiger partial charge in [-0.05, 0) is 30.7 Å². The van der Waals surface area contributed by atoms with Gasteiger partial charge in [-0.2, -0.15) is 0 Å². The van der Waals surface area contributed by atoms with Crippen molar-refractivity contribution < 1.29 is 5.11 Å². The SMILES string of the molecule is Cc1ccc(Br)c(C(O)Cc2ccc3ccccc3n2)c1. The van der Waals surface area contributed by atoms with E-state index in [1.165, 1.54) is 0 Å². The molecule has 0 aliphatic rings. The van der Waals surface area contributed by atoms with E-state index in [2.05, 4.69) is 27.0 Å². The monoisotopic (exact) mass is 341 g/mol. The van der Waals surface area contributed by atoms with E-state index in [9.17, 15) is 5.11 Å². The van der Waals surface area contributed by atoms with E-state index in [1.54, 1.807) is 0 Å². The van der Waals surface area contributed by atoms with Crippen LogP contribution in [0.1, 0.15) is 22.9 Å². The van der Waals surface area contributed by atoms with Gasteiger partial charge in [0.25, 0.3) is 0 Å². The molecule has 0 bridgehead atoms. The number of hydrogen-bond acceptors (Lipinski definition) is 2. The van der Waals surface area contributed by atoms with Gasteiger partial charge in [-0.1, -0.05) is 57.9 Å². The highest BCUT2D eigenvalue weighted by Gasteiger charge is 2.13. The predicted octanol–water partition coefficient (Wildman–Crippen LogP) is 4.58. The zero-order valence-electron chi connectivity index (χ0n) is 11.8. The third kappa shape index (κ3) is 3.14. The van der Waals surface area contributed by atoms with Crippen LogP contribution >= 0.6 is 15.9 Å². The Hall–Kier alpha value is -1.71. The van der Waals surface area contributed by atoms with Crippen LogP contribution in [-0.4, -0.2) is 10.1 Å². The maximum atomic E-state index is 10.5. The summed E-state index contributed by atoms with van der Waals surface area (Å²) < 4.78 is 0.932. The lowest BCUT2D eigenvalue weighted by atomic mass is 10.0. The van der Waals surface area contributed by atoms with E-state index in [-0.39, 0.29) is 0 Å². The Morgan fingerprint density at radius 1 is 1.10 bits per heavy atom. The molecule has 0 saturated heterocycles. The number of para-hydroxylation sites is 1. The highest BCUT2D eigenvalue weighted by atomic mass is 79.9. The zero-order valence-corrected chi connectivity index (χ0v) is 13.3. The summed E-state index contributed by atoms with van der Waals surface area (Å²) in [4.78, 5) is 4.62. The van der Waals surface area contributed by atoms with Crippen LogP contribution in [-0.2, 0) is 6.42 Å². The Labute approximate surface area is 132 Å². The molecule has 3 heteroatoms. The molecule has 0 aliphatic heterocycles. The lowest BCUT2D eigenvalue weighted by Crippen LogP contribution is -2.04. The molecule has 0 spiro atoms. The number of aliphatic hydroxyl groups excluding tert-OH is 1. The topological polar surface area (TPSA) is 33.1 Å². The van der Waals surface area contributed by atoms with E-state index in [4.69, 9.17) is 0 Å². The fourth-order valence-electron chi connectivity index (χ4n) is 2.45. The largest absolute Gasteiger partial charge is 0.388 e. The van der Waals surface area contributed by atoms with Crippen molar-refractivity contribution in [3.8, 4) is 0 Å². The van der Waals surface area contributed by atoms with Crippen LogP contribution in [0.25, 0.3) is 10.9 Å². The summed E-state index contributed by atoms with van der Waals surface area (Å²) in [6.07, 6.45) is -0.0553. The normalized spacial score (nSPS) is 12.5. The fourth-order valence-corrected chi connectivity index (χ4v) is 2.96. The van der Waals surface area contributed by atoms with Crippen molar-refractivity contribution in [2.24, 2.45) is 0 Å². The van der Waals surface area contributed by atoms with Gasteiger partial charge >= 0.3 is 0 Å². The van der Waals surface area contributed by atoms with Crippen molar-refractivity contribution in [3.63, 3.8) is 0 Å². The molecule has 1 heterocycles. The van der Waals surface area contributed by atoms with Gasteiger partial charge in [0, 0.05) is 22.0 Å². The maximum Gasteiger partial charge on any atom is 0.0856 e. The molecule has 0 radical (unpaired) electrons. The Bertz CT molecular complexity index is 785. The molecule has 0 aliphatic carbocycles. The van der Waals surface area contributed by atoms with Crippen LogP contribution in [0.15, 0.2) is 59.1 Å². The molecule has 1 unspecified atom stereocenters. The smallest absolute Gasteiger partial charge is 0.0856 e. The van der Waals surface area contributed by atoms with Crippen molar-refractivity contribution in [3.05, 3.63) is 75.9 Å². The minimum atomic E-state index is -0.562. The number of aliphatic hydroxyl groups is 1. The van der Waals surface area contributed by atoms with Gasteiger partial charge in [-0.25, -0.2) is 0 Å². The number of aromatic nitrogens is 1. The summed E-state index contributed by atoms with van der Waals surface area (Å²) >= 11 is 3.50. The van der Waals surface area contributed by atoms with Crippen LogP contribution in [0.2, 0.25) is 0 Å². The molecule has 2 aromatic carbocycles. The zero-order chi connectivity index (χ0) is 14.8. The van der Waals surface area contributed by atoms with Crippen LogP contribution in [0.4, 0.5) is 0 Å². The number of nitrogens with zero attached hydrogens (tertiary/aromatic N) is 1. The predicted molar refractivity (Wildman–Crippen MR) is 89.3 cm³/mol. The quantitative estimate of drug-likeness (QED) is 0.756. The first kappa shape index (κ1) is 14.2. The van der Waals surface area contributed by atoms with Gasteiger partial charge in [0.15, 0.2) is 0 Å². The third-order valence-corrected chi connectivity index (χ3v) is 4.29. The summed E-state index contributed by atoms with van der Waals surface area (Å²) in [5.41, 5.74) is 3.91. The van der Waals surface area contributed by atoms with Gasteiger partial charge in [0.2, 0.25) is 0 Å². The molecule has 1 atom stereocenters. The number of fused-ring (bicyclic) bond motifs is 1. The van der Waals surface area contributed by atoms with Crippen LogP contribution in [0.3, 0.4) is 0 Å². The molecular weight excluding hydrogens is 326 g/mol. The average molecular weight is 342 g/mol. The molecule has 0 saturated carbocycles. The van der Waals surface area contributed by atoms with Crippen molar-refractivity contribution in [1.82, 2.24) is 4.98 Å². The second-order valence-corrected chi connectivity index (χ2v) is 6.09. The number of hydrogen-bond donors (Lipinski definition) is 1. The first-order valence-electron chi connectivity index (χ1n) is 6.92. The Kier molecular flexibility index (Phi) is 4.04. The number of rotatable bonds is 3. The fraction of sp³-hybridized carbons (Fsp3) is 0.167. The van der Waals surface area contributed by atoms with Gasteiger partial charge in [-0.15, -0.1) is 0 Å². The highest BCUT2D eigenvalue weighted by molar-refractivity contribution is 9.10. The molecule has 0 amide bonds. The number of halogens is 1. The Morgan fingerprint density at radius 2 is 1.90 bits per heavy atom. The van der Waals surface area contributed by atoms with E-state index < -0.39 is 6.10 Å². The van der Waals surface area contributed by atoms with Gasteiger partial charge in [0.1, 0.15) is 0 Å². The number of benzene rings is 2. The van der Waals surface area contributed by atoms with E-state index in [0.29, 0.717) is 6.42 Å². The minimum absolute atomic E-state index is 0.507. The van der Waals surface area contributed by atoms with Gasteiger partial charge < -0.3 is 5.11 Å². The second-order valence-electron chi connectivity index (χ2n) is 5.24. The summed E-state index contributed by atoms with van der Waals surface area (Å²) in [7, 11) is 0. The number of pyridine rings is 1. The molecule has 1 N–H and O–H groups in total. The summed E-state index contributed by atoms with van der Waals surface area (Å²) in [6, 6.07) is 18.1. The van der Waals surface area contributed by atoms with Crippen LogP contribution in [0.5, 0.6) is 0 Å². The standard InChI is InChI=1S/C18H16BrNO/c1-12-6-9-16(19)15(10-12)18(21)11-14-8-7-13-4-2-3-5-17(13)20-14/h2-10,18,21H,11H2,1H3.